The van der Waals surface area contributed by atoms with Crippen LogP contribution in [0.3, 0.4) is 0 Å². The molecule has 6 nitrogen and oxygen atoms in total. The van der Waals surface area contributed by atoms with Crippen molar-refractivity contribution in [2.45, 2.75) is 0 Å². The third-order valence-corrected chi connectivity index (χ3v) is 4.84. The molecule has 0 saturated heterocycles. The van der Waals surface area contributed by atoms with E-state index in [2.05, 4.69) is 15.0 Å². The largest absolute Gasteiger partial charge is 0.452 e. The Morgan fingerprint density at radius 1 is 1.04 bits per heavy atom. The highest BCUT2D eigenvalue weighted by atomic mass is 35.5. The van der Waals surface area contributed by atoms with Crippen molar-refractivity contribution in [1.82, 2.24) is 4.98 Å². The maximum absolute atomic E-state index is 12.3. The maximum atomic E-state index is 12.3. The lowest BCUT2D eigenvalue weighted by molar-refractivity contribution is 0.102. The fourth-order valence-corrected chi connectivity index (χ4v) is 2.65. The van der Waals surface area contributed by atoms with Gasteiger partial charge in [-0.3, -0.25) is 9.69 Å². The Bertz CT molecular complexity index is 828. The summed E-state index contributed by atoms with van der Waals surface area (Å²) < 4.78 is 4.62. The zero-order valence-corrected chi connectivity index (χ0v) is 16.0. The Morgan fingerprint density at radius 2 is 1.64 bits per heavy atom. The summed E-state index contributed by atoms with van der Waals surface area (Å²) in [6, 6.07) is 6.45. The number of nitrogens with zero attached hydrogens (tertiary/aromatic N) is 2. The molecule has 0 bridgehead atoms. The Hall–Kier alpha value is -1.73. The molecular weight excluding hydrogens is 412 g/mol. The summed E-state index contributed by atoms with van der Waals surface area (Å²) in [7, 11) is 2.84. The summed E-state index contributed by atoms with van der Waals surface area (Å²) in [5.41, 5.74) is 0.877. The van der Waals surface area contributed by atoms with Crippen LogP contribution in [0.25, 0.3) is 0 Å². The molecule has 1 aromatic carbocycles. The molecule has 0 fully saturated rings. The average Bonchev–Trinajstić information content (AvgIpc) is 2.62. The number of hydrogen-bond donors (Lipinski definition) is 1. The van der Waals surface area contributed by atoms with Gasteiger partial charge in [0.1, 0.15) is 10.8 Å². The molecule has 0 radical (unpaired) electrons. The van der Waals surface area contributed by atoms with Crippen molar-refractivity contribution in [3.05, 3.63) is 50.2 Å². The summed E-state index contributed by atoms with van der Waals surface area (Å²) >= 11 is 23.6. The number of carbonyl (C=O) groups excluding carboxylic acids is 2. The van der Waals surface area contributed by atoms with Crippen molar-refractivity contribution in [3.63, 3.8) is 0 Å². The molecule has 1 N–H and O–H groups in total. The number of pyridine rings is 1. The quantitative estimate of drug-likeness (QED) is 0.694. The van der Waals surface area contributed by atoms with Crippen LogP contribution in [0.4, 0.5) is 16.2 Å². The second-order valence-corrected chi connectivity index (χ2v) is 6.22. The van der Waals surface area contributed by atoms with Crippen LogP contribution >= 0.6 is 46.4 Å². The van der Waals surface area contributed by atoms with Crippen LogP contribution in [0, 0.1) is 0 Å². The topological polar surface area (TPSA) is 71.5 Å². The van der Waals surface area contributed by atoms with Crippen LogP contribution in [0.15, 0.2) is 24.3 Å². The first-order valence-corrected chi connectivity index (χ1v) is 8.20. The number of aromatic nitrogens is 1. The molecule has 0 aliphatic heterocycles. The van der Waals surface area contributed by atoms with Gasteiger partial charge < -0.3 is 10.1 Å². The van der Waals surface area contributed by atoms with Crippen molar-refractivity contribution in [3.8, 4) is 0 Å². The summed E-state index contributed by atoms with van der Waals surface area (Å²) in [4.78, 5) is 28.9. The second kappa shape index (κ2) is 8.10. The molecule has 0 saturated carbocycles. The molecule has 10 heteroatoms. The number of carbonyl (C=O) groups is 2. The fourth-order valence-electron chi connectivity index (χ4n) is 1.84. The van der Waals surface area contributed by atoms with Gasteiger partial charge in [-0.05, 0) is 24.3 Å². The molecule has 1 aromatic heterocycles. The SMILES string of the molecule is COC(=O)N(C)c1ccc(NC(=O)c2nc(Cl)c(Cl)c(Cl)c2Cl)cc1. The van der Waals surface area contributed by atoms with Crippen molar-refractivity contribution in [1.29, 1.82) is 0 Å². The Labute approximate surface area is 163 Å². The van der Waals surface area contributed by atoms with E-state index >= 15 is 0 Å². The van der Waals surface area contributed by atoms with E-state index in [0.717, 1.165) is 0 Å². The van der Waals surface area contributed by atoms with E-state index in [1.54, 1.807) is 31.3 Å². The van der Waals surface area contributed by atoms with Gasteiger partial charge in [0.2, 0.25) is 0 Å². The smallest absolute Gasteiger partial charge is 0.413 e. The van der Waals surface area contributed by atoms with E-state index in [9.17, 15) is 9.59 Å². The molecule has 132 valence electrons. The van der Waals surface area contributed by atoms with Crippen molar-refractivity contribution in [2.24, 2.45) is 0 Å². The van der Waals surface area contributed by atoms with Gasteiger partial charge in [0.05, 0.1) is 22.2 Å². The monoisotopic (exact) mass is 421 g/mol. The van der Waals surface area contributed by atoms with E-state index in [0.29, 0.717) is 11.4 Å². The van der Waals surface area contributed by atoms with Crippen LogP contribution < -0.4 is 10.2 Å². The van der Waals surface area contributed by atoms with Crippen LogP contribution in [-0.4, -0.2) is 31.1 Å². The van der Waals surface area contributed by atoms with Crippen LogP contribution in [0.5, 0.6) is 0 Å². The van der Waals surface area contributed by atoms with E-state index in [1.807, 2.05) is 0 Å². The lowest BCUT2D eigenvalue weighted by Gasteiger charge is -2.16. The molecule has 2 aromatic rings. The molecular formula is C15H11Cl4N3O3. The van der Waals surface area contributed by atoms with Gasteiger partial charge in [-0.25, -0.2) is 9.78 Å². The van der Waals surface area contributed by atoms with Crippen LogP contribution in [0.1, 0.15) is 10.5 Å². The molecule has 1 heterocycles. The number of halogens is 4. The number of methoxy groups -OCH3 is 1. The number of rotatable bonds is 3. The molecule has 0 unspecified atom stereocenters. The molecule has 2 rings (SSSR count). The number of nitrogens with one attached hydrogen (secondary N) is 1. The van der Waals surface area contributed by atoms with Gasteiger partial charge in [-0.1, -0.05) is 46.4 Å². The van der Waals surface area contributed by atoms with E-state index in [-0.39, 0.29) is 25.9 Å². The minimum absolute atomic E-state index is 0.0277. The van der Waals surface area contributed by atoms with Gasteiger partial charge in [0, 0.05) is 18.4 Å². The Balaban J connectivity index is 2.21. The highest BCUT2D eigenvalue weighted by Crippen LogP contribution is 2.36. The lowest BCUT2D eigenvalue weighted by atomic mass is 10.2. The zero-order chi connectivity index (χ0) is 18.7. The average molecular weight is 423 g/mol. The van der Waals surface area contributed by atoms with Gasteiger partial charge in [-0.2, -0.15) is 0 Å². The Kier molecular flexibility index (Phi) is 6.35. The van der Waals surface area contributed by atoms with Crippen LogP contribution in [0.2, 0.25) is 20.2 Å². The molecule has 0 atom stereocenters. The van der Waals surface area contributed by atoms with Crippen molar-refractivity contribution < 1.29 is 14.3 Å². The fraction of sp³-hybridized carbons (Fsp3) is 0.133. The van der Waals surface area contributed by atoms with Gasteiger partial charge >= 0.3 is 6.09 Å². The minimum atomic E-state index is -0.612. The third kappa shape index (κ3) is 4.27. The highest BCUT2D eigenvalue weighted by molar-refractivity contribution is 6.52. The van der Waals surface area contributed by atoms with Gasteiger partial charge in [0.25, 0.3) is 5.91 Å². The third-order valence-electron chi connectivity index (χ3n) is 3.16. The van der Waals surface area contributed by atoms with E-state index in [4.69, 9.17) is 46.4 Å². The standard InChI is InChI=1S/C15H11Cl4N3O3/c1-22(15(24)25-2)8-5-3-7(4-6-8)20-14(23)12-10(17)9(16)11(18)13(19)21-12/h3-6H,1-2H3,(H,20,23). The normalized spacial score (nSPS) is 10.3. The summed E-state index contributed by atoms with van der Waals surface area (Å²) in [5, 5.41) is 2.29. The first kappa shape index (κ1) is 19.6. The summed E-state index contributed by atoms with van der Waals surface area (Å²) in [5.74, 6) is -0.612. The summed E-state index contributed by atoms with van der Waals surface area (Å²) in [6.45, 7) is 0. The van der Waals surface area contributed by atoms with Crippen LogP contribution in [-0.2, 0) is 4.74 Å². The number of benzene rings is 1. The highest BCUT2D eigenvalue weighted by Gasteiger charge is 2.20. The minimum Gasteiger partial charge on any atom is -0.452 e. The predicted octanol–water partition coefficient (Wildman–Crippen LogP) is 5.15. The summed E-state index contributed by atoms with van der Waals surface area (Å²) in [6.07, 6.45) is -0.516. The van der Waals surface area contributed by atoms with E-state index in [1.165, 1.54) is 12.0 Å². The number of anilines is 2. The first-order chi connectivity index (χ1) is 11.8. The molecule has 0 spiro atoms. The number of amides is 2. The predicted molar refractivity (Wildman–Crippen MR) is 99.5 cm³/mol. The molecule has 25 heavy (non-hydrogen) atoms. The molecule has 2 amide bonds. The first-order valence-electron chi connectivity index (χ1n) is 6.69. The number of ether oxygens (including phenoxy) is 1. The Morgan fingerprint density at radius 3 is 2.20 bits per heavy atom. The maximum Gasteiger partial charge on any atom is 0.413 e. The van der Waals surface area contributed by atoms with Crippen molar-refractivity contribution in [2.75, 3.05) is 24.4 Å². The van der Waals surface area contributed by atoms with Gasteiger partial charge in [0.15, 0.2) is 0 Å². The van der Waals surface area contributed by atoms with Crippen molar-refractivity contribution >= 4 is 69.8 Å². The zero-order valence-electron chi connectivity index (χ0n) is 12.9. The number of hydrogen-bond acceptors (Lipinski definition) is 4. The van der Waals surface area contributed by atoms with Gasteiger partial charge in [-0.15, -0.1) is 0 Å². The second-order valence-electron chi connectivity index (χ2n) is 4.72. The molecule has 0 aliphatic rings. The van der Waals surface area contributed by atoms with E-state index < -0.39 is 12.0 Å². The molecule has 0 aliphatic carbocycles. The lowest BCUT2D eigenvalue weighted by Crippen LogP contribution is -2.25.